The molecule has 1 heterocycles. The summed E-state index contributed by atoms with van der Waals surface area (Å²) in [5, 5.41) is 12.0. The molecule has 1 fully saturated rings. The first-order valence-electron chi connectivity index (χ1n) is 7.73. The minimum Gasteiger partial charge on any atom is -0.379 e. The van der Waals surface area contributed by atoms with E-state index in [1.165, 1.54) is 0 Å². The minimum atomic E-state index is -0.228. The van der Waals surface area contributed by atoms with Gasteiger partial charge in [-0.25, -0.2) is 0 Å². The number of hydrogen-bond donors (Lipinski definition) is 4. The van der Waals surface area contributed by atoms with Crippen LogP contribution >= 0.6 is 0 Å². The molecule has 0 aromatic rings. The molecule has 22 heavy (non-hydrogen) atoms. The number of hydrogen-bond acceptors (Lipinski definition) is 6. The number of ether oxygens (including phenoxy) is 2. The van der Waals surface area contributed by atoms with Gasteiger partial charge in [-0.2, -0.15) is 0 Å². The van der Waals surface area contributed by atoms with E-state index in [1.54, 1.807) is 0 Å². The number of carbonyl (C=O) groups excluding carboxylic acids is 2. The molecule has 1 rings (SSSR count). The zero-order valence-electron chi connectivity index (χ0n) is 13.4. The maximum atomic E-state index is 11.6. The second kappa shape index (κ2) is 11.4. The third-order valence-corrected chi connectivity index (χ3v) is 3.03. The Morgan fingerprint density at radius 3 is 1.73 bits per heavy atom. The fourth-order valence-corrected chi connectivity index (χ4v) is 2.00. The average molecular weight is 316 g/mol. The van der Waals surface area contributed by atoms with E-state index in [0.717, 1.165) is 13.1 Å². The summed E-state index contributed by atoms with van der Waals surface area (Å²) in [5.74, 6) is -0.455. The van der Waals surface area contributed by atoms with Crippen LogP contribution < -0.4 is 21.3 Å². The van der Waals surface area contributed by atoms with E-state index in [0.29, 0.717) is 26.3 Å². The van der Waals surface area contributed by atoms with E-state index in [4.69, 9.17) is 9.47 Å². The Hall–Kier alpha value is -1.22. The zero-order valence-corrected chi connectivity index (χ0v) is 13.4. The van der Waals surface area contributed by atoms with Crippen molar-refractivity contribution in [3.8, 4) is 0 Å². The molecule has 0 unspecified atom stereocenters. The molecule has 8 heteroatoms. The standard InChI is InChI=1S/C14H28N4O4/c1-11-7-15-3-5-21-6-4-16-8-12(2)18-14(20)10-22-9-13(19)17-11/h11-12,15-16H,3-10H2,1-2H3,(H,17,19)(H,18,20)/t11-,12-/m0/s1. The van der Waals surface area contributed by atoms with E-state index in [9.17, 15) is 9.59 Å². The first kappa shape index (κ1) is 18.8. The van der Waals surface area contributed by atoms with Gasteiger partial charge in [0.1, 0.15) is 13.2 Å². The van der Waals surface area contributed by atoms with Gasteiger partial charge in [0.25, 0.3) is 0 Å². The van der Waals surface area contributed by atoms with E-state index < -0.39 is 0 Å². The lowest BCUT2D eigenvalue weighted by molar-refractivity contribution is -0.131. The van der Waals surface area contributed by atoms with Gasteiger partial charge < -0.3 is 30.7 Å². The topological polar surface area (TPSA) is 101 Å². The van der Waals surface area contributed by atoms with Gasteiger partial charge in [0.15, 0.2) is 0 Å². The highest BCUT2D eigenvalue weighted by atomic mass is 16.5. The summed E-state index contributed by atoms with van der Waals surface area (Å²) in [6.45, 7) is 7.62. The van der Waals surface area contributed by atoms with Crippen molar-refractivity contribution in [1.29, 1.82) is 0 Å². The third-order valence-electron chi connectivity index (χ3n) is 3.03. The van der Waals surface area contributed by atoms with Gasteiger partial charge in [-0.15, -0.1) is 0 Å². The Morgan fingerprint density at radius 2 is 1.27 bits per heavy atom. The van der Waals surface area contributed by atoms with Gasteiger partial charge in [0.2, 0.25) is 11.8 Å². The van der Waals surface area contributed by atoms with Gasteiger partial charge >= 0.3 is 0 Å². The van der Waals surface area contributed by atoms with Gasteiger partial charge in [0, 0.05) is 38.3 Å². The van der Waals surface area contributed by atoms with Crippen molar-refractivity contribution >= 4 is 11.8 Å². The van der Waals surface area contributed by atoms with Gasteiger partial charge in [0.05, 0.1) is 13.2 Å². The molecular formula is C14H28N4O4. The average Bonchev–Trinajstić information content (AvgIpc) is 2.44. The van der Waals surface area contributed by atoms with Crippen molar-refractivity contribution in [1.82, 2.24) is 21.3 Å². The summed E-state index contributed by atoms with van der Waals surface area (Å²) < 4.78 is 10.6. The normalized spacial score (nSPS) is 28.1. The van der Waals surface area contributed by atoms with Crippen LogP contribution in [0.5, 0.6) is 0 Å². The Morgan fingerprint density at radius 1 is 0.818 bits per heavy atom. The number of amides is 2. The molecule has 0 aromatic heterocycles. The summed E-state index contributed by atoms with van der Waals surface area (Å²) in [6, 6.07) is -0.0176. The van der Waals surface area contributed by atoms with E-state index >= 15 is 0 Å². The van der Waals surface area contributed by atoms with Crippen molar-refractivity contribution in [2.45, 2.75) is 25.9 Å². The molecule has 1 aliphatic heterocycles. The van der Waals surface area contributed by atoms with Crippen LogP contribution in [0.3, 0.4) is 0 Å². The molecule has 0 aromatic carbocycles. The third kappa shape index (κ3) is 9.67. The molecule has 1 saturated heterocycles. The summed E-state index contributed by atoms with van der Waals surface area (Å²) >= 11 is 0. The molecule has 2 atom stereocenters. The monoisotopic (exact) mass is 316 g/mol. The first-order valence-corrected chi connectivity index (χ1v) is 7.73. The summed E-state index contributed by atoms with van der Waals surface area (Å²) in [5.41, 5.74) is 0. The summed E-state index contributed by atoms with van der Waals surface area (Å²) in [7, 11) is 0. The zero-order chi connectivity index (χ0) is 16.2. The highest BCUT2D eigenvalue weighted by molar-refractivity contribution is 5.79. The largest absolute Gasteiger partial charge is 0.379 e. The lowest BCUT2D eigenvalue weighted by Crippen LogP contribution is -2.44. The van der Waals surface area contributed by atoms with Crippen LogP contribution in [-0.2, 0) is 19.1 Å². The van der Waals surface area contributed by atoms with Crippen LogP contribution in [0.25, 0.3) is 0 Å². The molecule has 8 nitrogen and oxygen atoms in total. The smallest absolute Gasteiger partial charge is 0.246 e. The van der Waals surface area contributed by atoms with E-state index in [-0.39, 0.29) is 37.1 Å². The quantitative estimate of drug-likeness (QED) is 0.422. The molecule has 0 spiro atoms. The predicted octanol–water partition coefficient (Wildman–Crippen LogP) is -1.78. The second-order valence-corrected chi connectivity index (χ2v) is 5.45. The number of nitrogens with one attached hydrogen (secondary N) is 4. The number of carbonyl (C=O) groups is 2. The van der Waals surface area contributed by atoms with Crippen molar-refractivity contribution in [3.63, 3.8) is 0 Å². The molecule has 128 valence electrons. The highest BCUT2D eigenvalue weighted by Gasteiger charge is 2.10. The van der Waals surface area contributed by atoms with E-state index in [1.807, 2.05) is 13.8 Å². The van der Waals surface area contributed by atoms with Crippen LogP contribution in [-0.4, -0.2) is 76.5 Å². The predicted molar refractivity (Wildman–Crippen MR) is 82.6 cm³/mol. The van der Waals surface area contributed by atoms with Crippen molar-refractivity contribution in [2.24, 2.45) is 0 Å². The first-order chi connectivity index (χ1) is 10.6. The van der Waals surface area contributed by atoms with Crippen molar-refractivity contribution < 1.29 is 19.1 Å². The number of rotatable bonds is 0. The van der Waals surface area contributed by atoms with Crippen LogP contribution in [0, 0.1) is 0 Å². The van der Waals surface area contributed by atoms with Crippen molar-refractivity contribution in [2.75, 3.05) is 52.6 Å². The molecule has 1 aliphatic rings. The highest BCUT2D eigenvalue weighted by Crippen LogP contribution is 1.85. The Labute approximate surface area is 131 Å². The maximum Gasteiger partial charge on any atom is 0.246 e. The van der Waals surface area contributed by atoms with Crippen LogP contribution in [0.15, 0.2) is 0 Å². The fraction of sp³-hybridized carbons (Fsp3) is 0.857. The van der Waals surface area contributed by atoms with E-state index in [2.05, 4.69) is 21.3 Å². The second-order valence-electron chi connectivity index (χ2n) is 5.45. The van der Waals surface area contributed by atoms with Gasteiger partial charge in [-0.05, 0) is 13.8 Å². The minimum absolute atomic E-state index is 0.00880. The van der Waals surface area contributed by atoms with Crippen molar-refractivity contribution in [3.05, 3.63) is 0 Å². The molecular weight excluding hydrogens is 288 g/mol. The van der Waals surface area contributed by atoms with Crippen LogP contribution in [0.2, 0.25) is 0 Å². The Kier molecular flexibility index (Phi) is 9.72. The van der Waals surface area contributed by atoms with Gasteiger partial charge in [-0.3, -0.25) is 9.59 Å². The fourth-order valence-electron chi connectivity index (χ4n) is 2.00. The maximum absolute atomic E-state index is 11.6. The van der Waals surface area contributed by atoms with Crippen LogP contribution in [0.1, 0.15) is 13.8 Å². The summed E-state index contributed by atoms with van der Waals surface area (Å²) in [6.07, 6.45) is 0. The lowest BCUT2D eigenvalue weighted by atomic mass is 10.3. The molecule has 4 N–H and O–H groups in total. The molecule has 2 amide bonds. The SMILES string of the molecule is C[C@H]1CNCCOCCNC[C@H](C)NC(=O)COCC(=O)N1. The Balaban J connectivity index is 2.36. The Bertz CT molecular complexity index is 311. The molecule has 0 aliphatic carbocycles. The summed E-state index contributed by atoms with van der Waals surface area (Å²) in [4.78, 5) is 23.3. The molecule has 0 saturated carbocycles. The molecule has 0 radical (unpaired) electrons. The van der Waals surface area contributed by atoms with Crippen LogP contribution in [0.4, 0.5) is 0 Å². The molecule has 0 bridgehead atoms. The van der Waals surface area contributed by atoms with Gasteiger partial charge in [-0.1, -0.05) is 0 Å². The lowest BCUT2D eigenvalue weighted by Gasteiger charge is -2.17.